The molecular formula is C14H16Cl2O2. The molecule has 0 saturated heterocycles. The van der Waals surface area contributed by atoms with Gasteiger partial charge in [0.25, 0.3) is 0 Å². The molecule has 0 amide bonds. The molecule has 4 heteroatoms. The highest BCUT2D eigenvalue weighted by molar-refractivity contribution is 6.22. The monoisotopic (exact) mass is 286 g/mol. The summed E-state index contributed by atoms with van der Waals surface area (Å²) in [5.41, 5.74) is 1.08. The lowest BCUT2D eigenvalue weighted by Crippen LogP contribution is -2.17. The summed E-state index contributed by atoms with van der Waals surface area (Å²) in [5.74, 6) is 0. The van der Waals surface area contributed by atoms with E-state index in [0.29, 0.717) is 11.1 Å². The van der Waals surface area contributed by atoms with Crippen molar-refractivity contribution in [1.29, 1.82) is 0 Å². The number of hydrogen-bond acceptors (Lipinski definition) is 2. The van der Waals surface area contributed by atoms with Crippen LogP contribution in [0.2, 0.25) is 0 Å². The summed E-state index contributed by atoms with van der Waals surface area (Å²) in [6.07, 6.45) is 1.01. The second kappa shape index (κ2) is 6.95. The Kier molecular flexibility index (Phi) is 5.89. The van der Waals surface area contributed by atoms with Gasteiger partial charge in [0, 0.05) is 0 Å². The molecule has 0 aliphatic heterocycles. The van der Waals surface area contributed by atoms with E-state index in [1.807, 2.05) is 0 Å². The number of hydrogen-bond donors (Lipinski definition) is 2. The Morgan fingerprint density at radius 2 is 1.22 bits per heavy atom. The Labute approximate surface area is 117 Å². The van der Waals surface area contributed by atoms with E-state index < -0.39 is 23.0 Å². The van der Waals surface area contributed by atoms with E-state index in [2.05, 4.69) is 13.2 Å². The third kappa shape index (κ3) is 3.36. The molecule has 0 aromatic heterocycles. The van der Waals surface area contributed by atoms with Crippen molar-refractivity contribution in [1.82, 2.24) is 0 Å². The summed E-state index contributed by atoms with van der Waals surface area (Å²) in [5, 5.41) is 18.9. The first-order chi connectivity index (χ1) is 8.52. The molecule has 1 aromatic carbocycles. The molecule has 0 saturated carbocycles. The first-order valence-corrected chi connectivity index (χ1v) is 6.38. The largest absolute Gasteiger partial charge is 0.387 e. The summed E-state index contributed by atoms with van der Waals surface area (Å²) >= 11 is 11.9. The lowest BCUT2D eigenvalue weighted by Gasteiger charge is -2.22. The van der Waals surface area contributed by atoms with E-state index in [0.717, 1.165) is 0 Å². The van der Waals surface area contributed by atoms with Gasteiger partial charge in [0.1, 0.15) is 0 Å². The number of rotatable bonds is 6. The van der Waals surface area contributed by atoms with Crippen molar-refractivity contribution in [3.8, 4) is 0 Å². The minimum atomic E-state index is -0.941. The van der Waals surface area contributed by atoms with Crippen LogP contribution in [0.5, 0.6) is 0 Å². The van der Waals surface area contributed by atoms with Gasteiger partial charge in [0.05, 0.1) is 23.0 Å². The van der Waals surface area contributed by atoms with E-state index >= 15 is 0 Å². The van der Waals surface area contributed by atoms with E-state index in [9.17, 15) is 10.2 Å². The molecule has 1 rings (SSSR count). The summed E-state index contributed by atoms with van der Waals surface area (Å²) < 4.78 is 0. The van der Waals surface area contributed by atoms with E-state index in [4.69, 9.17) is 23.2 Å². The quantitative estimate of drug-likeness (QED) is 0.622. The zero-order valence-electron chi connectivity index (χ0n) is 9.84. The maximum Gasteiger partial charge on any atom is 0.0992 e. The van der Waals surface area contributed by atoms with E-state index in [1.165, 1.54) is 12.2 Å². The fraction of sp³-hybridized carbons (Fsp3) is 0.286. The minimum Gasteiger partial charge on any atom is -0.387 e. The third-order valence-electron chi connectivity index (χ3n) is 2.69. The van der Waals surface area contributed by atoms with E-state index in [-0.39, 0.29) is 0 Å². The first kappa shape index (κ1) is 15.3. The van der Waals surface area contributed by atoms with Crippen molar-refractivity contribution >= 4 is 23.2 Å². The maximum atomic E-state index is 10.1. The van der Waals surface area contributed by atoms with Crippen LogP contribution in [0.3, 0.4) is 0 Å². The summed E-state index contributed by atoms with van der Waals surface area (Å²) in [6.45, 7) is 7.07. The second-order valence-corrected chi connectivity index (χ2v) is 4.89. The molecule has 0 spiro atoms. The molecule has 0 bridgehead atoms. The molecular weight excluding hydrogens is 271 g/mol. The molecule has 0 aliphatic rings. The predicted octanol–water partition coefficient (Wildman–Crippen LogP) is 3.34. The molecule has 0 heterocycles. The molecule has 98 valence electrons. The number of benzene rings is 1. The van der Waals surface area contributed by atoms with Crippen molar-refractivity contribution < 1.29 is 10.2 Å². The molecule has 2 nitrogen and oxygen atoms in total. The highest BCUT2D eigenvalue weighted by atomic mass is 35.5. The van der Waals surface area contributed by atoms with Crippen LogP contribution >= 0.6 is 23.2 Å². The van der Waals surface area contributed by atoms with Crippen LogP contribution in [0.15, 0.2) is 49.6 Å². The summed E-state index contributed by atoms with van der Waals surface area (Å²) in [7, 11) is 0. The van der Waals surface area contributed by atoms with Crippen molar-refractivity contribution in [2.24, 2.45) is 0 Å². The number of aliphatic hydroxyl groups is 2. The van der Waals surface area contributed by atoms with Gasteiger partial charge in [-0.1, -0.05) is 36.4 Å². The SMILES string of the molecule is C=C[C@@H](Cl)[C@@H](O)c1ccccc1[C@@H](O)[C@@H](Cl)C=C. The highest BCUT2D eigenvalue weighted by Crippen LogP contribution is 2.31. The molecule has 2 N–H and O–H groups in total. The Morgan fingerprint density at radius 1 is 0.889 bits per heavy atom. The minimum absolute atomic E-state index is 0.539. The van der Waals surface area contributed by atoms with Crippen molar-refractivity contribution in [2.45, 2.75) is 23.0 Å². The lowest BCUT2D eigenvalue weighted by atomic mass is 9.95. The van der Waals surface area contributed by atoms with Crippen molar-refractivity contribution in [2.75, 3.05) is 0 Å². The second-order valence-electron chi connectivity index (χ2n) is 3.88. The van der Waals surface area contributed by atoms with Gasteiger partial charge >= 0.3 is 0 Å². The zero-order chi connectivity index (χ0) is 13.7. The standard InChI is InChI=1S/C14H16Cl2O2/c1-3-11(15)13(17)9-7-5-6-8-10(9)14(18)12(16)4-2/h3-8,11-14,17-18H,1-2H2/t11-,12+,13+,14-. The van der Waals surface area contributed by atoms with Crippen LogP contribution in [-0.2, 0) is 0 Å². The van der Waals surface area contributed by atoms with Gasteiger partial charge in [-0.15, -0.1) is 36.4 Å². The molecule has 1 aromatic rings. The normalized spacial score (nSPS) is 17.6. The lowest BCUT2D eigenvalue weighted by molar-refractivity contribution is 0.161. The Hall–Kier alpha value is -0.800. The Balaban J connectivity index is 3.13. The molecule has 0 aliphatic carbocycles. The molecule has 4 atom stereocenters. The van der Waals surface area contributed by atoms with Crippen LogP contribution in [0.1, 0.15) is 23.3 Å². The smallest absolute Gasteiger partial charge is 0.0992 e. The highest BCUT2D eigenvalue weighted by Gasteiger charge is 2.24. The van der Waals surface area contributed by atoms with Gasteiger partial charge < -0.3 is 10.2 Å². The third-order valence-corrected chi connectivity index (χ3v) is 3.52. The number of halogens is 2. The fourth-order valence-electron chi connectivity index (χ4n) is 1.65. The number of aliphatic hydroxyl groups excluding tert-OH is 2. The Bertz CT molecular complexity index is 381. The summed E-state index contributed by atoms with van der Waals surface area (Å²) in [4.78, 5) is 0. The first-order valence-electron chi connectivity index (χ1n) is 5.51. The van der Waals surface area contributed by atoms with Crippen LogP contribution in [0.25, 0.3) is 0 Å². The molecule has 18 heavy (non-hydrogen) atoms. The van der Waals surface area contributed by atoms with Gasteiger partial charge in [0.2, 0.25) is 0 Å². The average Bonchev–Trinajstić information content (AvgIpc) is 2.43. The maximum absolute atomic E-state index is 10.1. The molecule has 0 radical (unpaired) electrons. The number of alkyl halides is 2. The van der Waals surface area contributed by atoms with Gasteiger partial charge in [-0.25, -0.2) is 0 Å². The predicted molar refractivity (Wildman–Crippen MR) is 76.0 cm³/mol. The molecule has 0 unspecified atom stereocenters. The summed E-state index contributed by atoms with van der Waals surface area (Å²) in [6, 6.07) is 6.93. The van der Waals surface area contributed by atoms with E-state index in [1.54, 1.807) is 24.3 Å². The van der Waals surface area contributed by atoms with Crippen molar-refractivity contribution in [3.63, 3.8) is 0 Å². The van der Waals surface area contributed by atoms with Crippen LogP contribution in [0.4, 0.5) is 0 Å². The topological polar surface area (TPSA) is 40.5 Å². The zero-order valence-corrected chi connectivity index (χ0v) is 11.3. The fourth-order valence-corrected chi connectivity index (χ4v) is 1.92. The van der Waals surface area contributed by atoms with Crippen LogP contribution < -0.4 is 0 Å². The van der Waals surface area contributed by atoms with Gasteiger partial charge in [-0.2, -0.15) is 0 Å². The molecule has 0 fully saturated rings. The van der Waals surface area contributed by atoms with Crippen LogP contribution in [-0.4, -0.2) is 21.0 Å². The van der Waals surface area contributed by atoms with Crippen LogP contribution in [0, 0.1) is 0 Å². The van der Waals surface area contributed by atoms with Gasteiger partial charge in [0.15, 0.2) is 0 Å². The van der Waals surface area contributed by atoms with Gasteiger partial charge in [-0.05, 0) is 11.1 Å². The Morgan fingerprint density at radius 3 is 1.50 bits per heavy atom. The average molecular weight is 287 g/mol. The van der Waals surface area contributed by atoms with Gasteiger partial charge in [-0.3, -0.25) is 0 Å². The van der Waals surface area contributed by atoms with Crippen molar-refractivity contribution in [3.05, 3.63) is 60.7 Å².